The van der Waals surface area contributed by atoms with Crippen LogP contribution in [-0.2, 0) is 10.0 Å². The summed E-state index contributed by atoms with van der Waals surface area (Å²) in [6, 6.07) is 9.35. The number of aromatic nitrogens is 2. The molecule has 3 rings (SSSR count). The molecule has 122 valence electrons. The second-order valence-electron chi connectivity index (χ2n) is 5.76. The van der Waals surface area contributed by atoms with Crippen LogP contribution in [0.3, 0.4) is 0 Å². The van der Waals surface area contributed by atoms with E-state index in [1.807, 2.05) is 13.0 Å². The Bertz CT molecular complexity index is 828. The van der Waals surface area contributed by atoms with Crippen LogP contribution < -0.4 is 0 Å². The number of carbonyl (C=O) groups is 1. The van der Waals surface area contributed by atoms with Crippen molar-refractivity contribution < 1.29 is 13.2 Å². The molecule has 1 atom stereocenters. The van der Waals surface area contributed by atoms with Gasteiger partial charge in [-0.2, -0.15) is 9.40 Å². The minimum absolute atomic E-state index is 0.216. The van der Waals surface area contributed by atoms with Crippen molar-refractivity contribution >= 4 is 15.9 Å². The molecular weight excluding hydrogens is 314 g/mol. The maximum absolute atomic E-state index is 12.8. The molecule has 1 aliphatic rings. The highest BCUT2D eigenvalue weighted by Crippen LogP contribution is 2.27. The van der Waals surface area contributed by atoms with Crippen molar-refractivity contribution in [2.75, 3.05) is 6.54 Å². The summed E-state index contributed by atoms with van der Waals surface area (Å²) in [5.41, 5.74) is 1.46. The Hall–Kier alpha value is -1.99. The van der Waals surface area contributed by atoms with E-state index in [4.69, 9.17) is 0 Å². The molecule has 1 saturated heterocycles. The fourth-order valence-corrected chi connectivity index (χ4v) is 4.67. The molecule has 0 unspecified atom stereocenters. The number of benzene rings is 1. The molecule has 1 aromatic heterocycles. The zero-order valence-corrected chi connectivity index (χ0v) is 14.0. The highest BCUT2D eigenvalue weighted by molar-refractivity contribution is 7.89. The minimum atomic E-state index is -3.68. The largest absolute Gasteiger partial charge is 0.271 e. The van der Waals surface area contributed by atoms with E-state index in [0.29, 0.717) is 19.4 Å². The summed E-state index contributed by atoms with van der Waals surface area (Å²) in [4.78, 5) is 13.0. The van der Waals surface area contributed by atoms with Gasteiger partial charge in [0.1, 0.15) is 6.04 Å². The van der Waals surface area contributed by atoms with Gasteiger partial charge in [0, 0.05) is 12.2 Å². The molecule has 0 radical (unpaired) electrons. The molecule has 0 bridgehead atoms. The van der Waals surface area contributed by atoms with Gasteiger partial charge in [0.05, 0.1) is 10.6 Å². The highest BCUT2D eigenvalue weighted by Gasteiger charge is 2.40. The number of hydrogen-bond donors (Lipinski definition) is 0. The Labute approximate surface area is 135 Å². The molecule has 0 aliphatic carbocycles. The van der Waals surface area contributed by atoms with Crippen molar-refractivity contribution in [1.82, 2.24) is 14.1 Å². The zero-order chi connectivity index (χ0) is 16.6. The van der Waals surface area contributed by atoms with Crippen molar-refractivity contribution in [3.63, 3.8) is 0 Å². The van der Waals surface area contributed by atoms with Crippen LogP contribution in [0.2, 0.25) is 0 Å². The third-order valence-corrected chi connectivity index (χ3v) is 5.98. The lowest BCUT2D eigenvalue weighted by Crippen LogP contribution is -2.43. The Morgan fingerprint density at radius 1 is 1.22 bits per heavy atom. The third-order valence-electron chi connectivity index (χ3n) is 4.06. The number of aryl methyl sites for hydroxylation is 2. The van der Waals surface area contributed by atoms with Crippen molar-refractivity contribution in [1.29, 1.82) is 0 Å². The minimum Gasteiger partial charge on any atom is -0.271 e. The number of sulfonamides is 1. The van der Waals surface area contributed by atoms with E-state index in [1.54, 1.807) is 37.3 Å². The van der Waals surface area contributed by atoms with E-state index in [9.17, 15) is 13.2 Å². The van der Waals surface area contributed by atoms with Gasteiger partial charge in [0.2, 0.25) is 10.0 Å². The molecule has 1 aromatic carbocycles. The molecule has 0 saturated carbocycles. The lowest BCUT2D eigenvalue weighted by atomic mass is 10.2. The Balaban J connectivity index is 1.95. The second-order valence-corrected chi connectivity index (χ2v) is 7.65. The smallest absolute Gasteiger partial charge is 0.265 e. The predicted octanol–water partition coefficient (Wildman–Crippen LogP) is 1.99. The molecule has 0 spiro atoms. The van der Waals surface area contributed by atoms with Crippen LogP contribution in [0, 0.1) is 13.8 Å². The standard InChI is InChI=1S/C16H19N3O3S/c1-12-11-13(2)19(17-12)16(20)15-9-6-10-18(15)23(21,22)14-7-4-3-5-8-14/h3-5,7-8,11,15H,6,9-10H2,1-2H3/t15-/m1/s1. The van der Waals surface area contributed by atoms with Crippen LogP contribution in [0.15, 0.2) is 41.3 Å². The molecule has 2 aromatic rings. The molecule has 7 heteroatoms. The monoisotopic (exact) mass is 333 g/mol. The summed E-state index contributed by atoms with van der Waals surface area (Å²) in [6.45, 7) is 3.96. The van der Waals surface area contributed by atoms with Crippen LogP contribution in [0.4, 0.5) is 0 Å². The fourth-order valence-electron chi connectivity index (χ4n) is 3.00. The highest BCUT2D eigenvalue weighted by atomic mass is 32.2. The van der Waals surface area contributed by atoms with Crippen molar-refractivity contribution in [2.24, 2.45) is 0 Å². The summed E-state index contributed by atoms with van der Waals surface area (Å²) < 4.78 is 28.3. The van der Waals surface area contributed by atoms with Crippen LogP contribution in [0.1, 0.15) is 29.0 Å². The summed E-state index contributed by atoms with van der Waals surface area (Å²) in [5.74, 6) is -0.285. The van der Waals surface area contributed by atoms with Crippen molar-refractivity contribution in [2.45, 2.75) is 37.6 Å². The molecule has 2 heterocycles. The van der Waals surface area contributed by atoms with Gasteiger partial charge in [-0.05, 0) is 44.9 Å². The lowest BCUT2D eigenvalue weighted by molar-refractivity contribution is 0.0813. The quantitative estimate of drug-likeness (QED) is 0.861. The first-order valence-corrected chi connectivity index (χ1v) is 8.99. The number of nitrogens with zero attached hydrogens (tertiary/aromatic N) is 3. The van der Waals surface area contributed by atoms with Crippen molar-refractivity contribution in [3.8, 4) is 0 Å². The number of hydrogen-bond acceptors (Lipinski definition) is 4. The van der Waals surface area contributed by atoms with E-state index < -0.39 is 16.1 Å². The van der Waals surface area contributed by atoms with Gasteiger partial charge in [-0.1, -0.05) is 18.2 Å². The number of carbonyl (C=O) groups excluding carboxylic acids is 1. The third kappa shape index (κ3) is 2.82. The van der Waals surface area contributed by atoms with Crippen LogP contribution in [0.5, 0.6) is 0 Å². The molecule has 23 heavy (non-hydrogen) atoms. The molecule has 0 amide bonds. The molecule has 6 nitrogen and oxygen atoms in total. The van der Waals surface area contributed by atoms with E-state index in [0.717, 1.165) is 11.4 Å². The Kier molecular flexibility index (Phi) is 4.08. The van der Waals surface area contributed by atoms with E-state index in [2.05, 4.69) is 5.10 Å². The maximum Gasteiger partial charge on any atom is 0.265 e. The first-order valence-electron chi connectivity index (χ1n) is 7.55. The van der Waals surface area contributed by atoms with E-state index in [1.165, 1.54) is 8.99 Å². The molecule has 1 aliphatic heterocycles. The summed E-state index contributed by atoms with van der Waals surface area (Å²) in [6.07, 6.45) is 1.19. The van der Waals surface area contributed by atoms with Gasteiger partial charge in [0.15, 0.2) is 0 Å². The van der Waals surface area contributed by atoms with Gasteiger partial charge >= 0.3 is 0 Å². The lowest BCUT2D eigenvalue weighted by Gasteiger charge is -2.23. The summed E-state index contributed by atoms with van der Waals surface area (Å²) >= 11 is 0. The van der Waals surface area contributed by atoms with Gasteiger partial charge in [-0.3, -0.25) is 4.79 Å². The summed E-state index contributed by atoms with van der Waals surface area (Å²) in [7, 11) is -3.68. The fraction of sp³-hybridized carbons (Fsp3) is 0.375. The molecule has 0 N–H and O–H groups in total. The van der Waals surface area contributed by atoms with Gasteiger partial charge < -0.3 is 0 Å². The van der Waals surface area contributed by atoms with E-state index >= 15 is 0 Å². The Morgan fingerprint density at radius 2 is 1.91 bits per heavy atom. The first-order chi connectivity index (χ1) is 10.9. The predicted molar refractivity (Wildman–Crippen MR) is 85.7 cm³/mol. The zero-order valence-electron chi connectivity index (χ0n) is 13.1. The van der Waals surface area contributed by atoms with Gasteiger partial charge in [-0.15, -0.1) is 0 Å². The van der Waals surface area contributed by atoms with Crippen molar-refractivity contribution in [3.05, 3.63) is 47.8 Å². The normalized spacial score (nSPS) is 19.1. The molecule has 1 fully saturated rings. The average molecular weight is 333 g/mol. The first kappa shape index (κ1) is 15.9. The Morgan fingerprint density at radius 3 is 2.52 bits per heavy atom. The second kappa shape index (κ2) is 5.90. The number of rotatable bonds is 3. The van der Waals surface area contributed by atoms with Gasteiger partial charge in [-0.25, -0.2) is 13.1 Å². The van der Waals surface area contributed by atoms with Crippen LogP contribution in [0.25, 0.3) is 0 Å². The van der Waals surface area contributed by atoms with Crippen LogP contribution >= 0.6 is 0 Å². The maximum atomic E-state index is 12.8. The topological polar surface area (TPSA) is 72.3 Å². The SMILES string of the molecule is Cc1cc(C)n(C(=O)[C@H]2CCCN2S(=O)(=O)c2ccccc2)n1. The van der Waals surface area contributed by atoms with Gasteiger partial charge in [0.25, 0.3) is 5.91 Å². The molecular formula is C16H19N3O3S. The van der Waals surface area contributed by atoms with E-state index in [-0.39, 0.29) is 10.8 Å². The average Bonchev–Trinajstić information content (AvgIpc) is 3.14. The summed E-state index contributed by atoms with van der Waals surface area (Å²) in [5, 5.41) is 4.19. The van der Waals surface area contributed by atoms with Crippen LogP contribution in [-0.4, -0.2) is 41.0 Å².